The van der Waals surface area contributed by atoms with Crippen LogP contribution in [-0.2, 0) is 16.0 Å². The molecule has 0 aliphatic heterocycles. The van der Waals surface area contributed by atoms with Crippen LogP contribution in [0.3, 0.4) is 0 Å². The summed E-state index contributed by atoms with van der Waals surface area (Å²) in [6, 6.07) is 8.47. The number of aromatic nitrogens is 1. The Morgan fingerprint density at radius 1 is 1.17 bits per heavy atom. The summed E-state index contributed by atoms with van der Waals surface area (Å²) in [5, 5.41) is 7.13. The number of hydrogen-bond donors (Lipinski definition) is 2. The minimum Gasteiger partial charge on any atom is -0.354 e. The zero-order valence-electron chi connectivity index (χ0n) is 17.7. The van der Waals surface area contributed by atoms with Crippen LogP contribution in [0.5, 0.6) is 0 Å². The molecule has 1 aromatic heterocycles. The SMILES string of the molecule is Cc1ccc(-c2nc(C)sc2CC(=O)NC2CCCC(C(=O)NC(C)C)C2)cc1. The zero-order valence-corrected chi connectivity index (χ0v) is 18.6. The average Bonchev–Trinajstić information content (AvgIpc) is 3.02. The van der Waals surface area contributed by atoms with Crippen molar-refractivity contribution < 1.29 is 9.59 Å². The number of benzene rings is 1. The maximum atomic E-state index is 12.7. The highest BCUT2D eigenvalue weighted by Crippen LogP contribution is 2.29. The van der Waals surface area contributed by atoms with Crippen LogP contribution in [0.2, 0.25) is 0 Å². The van der Waals surface area contributed by atoms with Crippen LogP contribution in [-0.4, -0.2) is 28.9 Å². The number of nitrogens with zero attached hydrogens (tertiary/aromatic N) is 1. The minimum atomic E-state index is -0.00906. The fourth-order valence-electron chi connectivity index (χ4n) is 3.91. The van der Waals surface area contributed by atoms with Gasteiger partial charge >= 0.3 is 0 Å². The lowest BCUT2D eigenvalue weighted by Gasteiger charge is -2.29. The molecule has 1 aliphatic carbocycles. The number of nitrogens with one attached hydrogen (secondary N) is 2. The first-order valence-electron chi connectivity index (χ1n) is 10.4. The standard InChI is InChI=1S/C23H31N3O2S/c1-14(2)24-23(28)18-6-5-7-19(12-18)26-21(27)13-20-22(25-16(4)29-20)17-10-8-15(3)9-11-17/h8-11,14,18-19H,5-7,12-13H2,1-4H3,(H,24,28)(H,26,27). The molecule has 3 rings (SSSR count). The predicted molar refractivity (Wildman–Crippen MR) is 118 cm³/mol. The molecule has 6 heteroatoms. The van der Waals surface area contributed by atoms with Gasteiger partial charge < -0.3 is 10.6 Å². The van der Waals surface area contributed by atoms with Crippen LogP contribution in [0.4, 0.5) is 0 Å². The normalized spacial score (nSPS) is 19.2. The smallest absolute Gasteiger partial charge is 0.225 e. The maximum Gasteiger partial charge on any atom is 0.225 e. The number of thiazole rings is 1. The summed E-state index contributed by atoms with van der Waals surface area (Å²) in [5.41, 5.74) is 3.15. The fraction of sp³-hybridized carbons (Fsp3) is 0.522. The Labute approximate surface area is 177 Å². The molecule has 2 unspecified atom stereocenters. The Morgan fingerprint density at radius 3 is 2.59 bits per heavy atom. The van der Waals surface area contributed by atoms with Crippen molar-refractivity contribution in [2.45, 2.75) is 71.9 Å². The third-order valence-corrected chi connectivity index (χ3v) is 6.26. The molecule has 29 heavy (non-hydrogen) atoms. The molecule has 5 nitrogen and oxygen atoms in total. The van der Waals surface area contributed by atoms with E-state index in [9.17, 15) is 9.59 Å². The molecule has 0 saturated heterocycles. The molecule has 2 N–H and O–H groups in total. The first-order valence-corrected chi connectivity index (χ1v) is 11.3. The Kier molecular flexibility index (Phi) is 7.06. The Balaban J connectivity index is 1.62. The second-order valence-corrected chi connectivity index (χ2v) is 9.63. The Morgan fingerprint density at radius 2 is 1.90 bits per heavy atom. The highest BCUT2D eigenvalue weighted by molar-refractivity contribution is 7.12. The molecule has 1 saturated carbocycles. The van der Waals surface area contributed by atoms with Gasteiger partial charge in [0.25, 0.3) is 0 Å². The van der Waals surface area contributed by atoms with Gasteiger partial charge in [0, 0.05) is 28.4 Å². The summed E-state index contributed by atoms with van der Waals surface area (Å²) < 4.78 is 0. The predicted octanol–water partition coefficient (Wildman–Crippen LogP) is 4.17. The summed E-state index contributed by atoms with van der Waals surface area (Å²) in [6.45, 7) is 7.98. The van der Waals surface area contributed by atoms with E-state index in [1.54, 1.807) is 11.3 Å². The lowest BCUT2D eigenvalue weighted by atomic mass is 9.85. The molecular weight excluding hydrogens is 382 g/mol. The number of rotatable bonds is 6. The topological polar surface area (TPSA) is 71.1 Å². The van der Waals surface area contributed by atoms with Gasteiger partial charge in [0.1, 0.15) is 0 Å². The molecule has 156 valence electrons. The highest BCUT2D eigenvalue weighted by Gasteiger charge is 2.28. The fourth-order valence-corrected chi connectivity index (χ4v) is 4.87. The molecule has 0 bridgehead atoms. The van der Waals surface area contributed by atoms with E-state index in [1.807, 2.05) is 20.8 Å². The third kappa shape index (κ3) is 5.89. The lowest BCUT2D eigenvalue weighted by molar-refractivity contribution is -0.128. The second kappa shape index (κ2) is 9.53. The van der Waals surface area contributed by atoms with E-state index >= 15 is 0 Å². The van der Waals surface area contributed by atoms with Crippen LogP contribution in [0, 0.1) is 19.8 Å². The summed E-state index contributed by atoms with van der Waals surface area (Å²) in [4.78, 5) is 30.7. The second-order valence-electron chi connectivity index (χ2n) is 8.34. The first kappa shape index (κ1) is 21.5. The van der Waals surface area contributed by atoms with E-state index in [4.69, 9.17) is 0 Å². The van der Waals surface area contributed by atoms with Crippen molar-refractivity contribution in [2.24, 2.45) is 5.92 Å². The number of hydrogen-bond acceptors (Lipinski definition) is 4. The number of aryl methyl sites for hydroxylation is 2. The van der Waals surface area contributed by atoms with Crippen molar-refractivity contribution in [3.05, 3.63) is 39.7 Å². The first-order chi connectivity index (χ1) is 13.8. The monoisotopic (exact) mass is 413 g/mol. The quantitative estimate of drug-likeness (QED) is 0.747. The van der Waals surface area contributed by atoms with Gasteiger partial charge in [-0.25, -0.2) is 4.98 Å². The van der Waals surface area contributed by atoms with Crippen LogP contribution < -0.4 is 10.6 Å². The zero-order chi connectivity index (χ0) is 21.0. The summed E-state index contributed by atoms with van der Waals surface area (Å²) in [6.07, 6.45) is 3.85. The van der Waals surface area contributed by atoms with Gasteiger partial charge in [-0.3, -0.25) is 9.59 Å². The van der Waals surface area contributed by atoms with E-state index < -0.39 is 0 Å². The number of carbonyl (C=O) groups excluding carboxylic acids is 2. The Bertz CT molecular complexity index is 858. The average molecular weight is 414 g/mol. The molecule has 0 radical (unpaired) electrons. The summed E-state index contributed by atoms with van der Waals surface area (Å²) in [7, 11) is 0. The van der Waals surface area contributed by atoms with Crippen molar-refractivity contribution in [3.8, 4) is 11.3 Å². The molecule has 0 spiro atoms. The van der Waals surface area contributed by atoms with Crippen molar-refractivity contribution in [2.75, 3.05) is 0 Å². The Hall–Kier alpha value is -2.21. The summed E-state index contributed by atoms with van der Waals surface area (Å²) >= 11 is 1.58. The van der Waals surface area contributed by atoms with Gasteiger partial charge in [-0.2, -0.15) is 0 Å². The maximum absolute atomic E-state index is 12.7. The van der Waals surface area contributed by atoms with Gasteiger partial charge in [-0.1, -0.05) is 36.2 Å². The molecule has 2 aromatic rings. The highest BCUT2D eigenvalue weighted by atomic mass is 32.1. The molecule has 1 heterocycles. The summed E-state index contributed by atoms with van der Waals surface area (Å²) in [5.74, 6) is 0.112. The number of amides is 2. The van der Waals surface area contributed by atoms with Crippen molar-refractivity contribution in [1.82, 2.24) is 15.6 Å². The van der Waals surface area contributed by atoms with E-state index in [2.05, 4.69) is 46.8 Å². The third-order valence-electron chi connectivity index (χ3n) is 5.29. The minimum absolute atomic E-state index is 0.00906. The van der Waals surface area contributed by atoms with E-state index in [1.165, 1.54) is 5.56 Å². The van der Waals surface area contributed by atoms with Gasteiger partial charge in [-0.05, 0) is 47.0 Å². The van der Waals surface area contributed by atoms with E-state index in [-0.39, 0.29) is 29.8 Å². The van der Waals surface area contributed by atoms with Crippen molar-refractivity contribution in [3.63, 3.8) is 0 Å². The van der Waals surface area contributed by atoms with Gasteiger partial charge in [0.05, 0.1) is 17.1 Å². The number of carbonyl (C=O) groups is 2. The van der Waals surface area contributed by atoms with Crippen LogP contribution in [0.1, 0.15) is 55.0 Å². The lowest BCUT2D eigenvalue weighted by Crippen LogP contribution is -2.44. The van der Waals surface area contributed by atoms with Gasteiger partial charge in [-0.15, -0.1) is 11.3 Å². The molecule has 1 aliphatic rings. The van der Waals surface area contributed by atoms with Gasteiger partial charge in [0.2, 0.25) is 11.8 Å². The van der Waals surface area contributed by atoms with Gasteiger partial charge in [0.15, 0.2) is 0 Å². The molecule has 2 atom stereocenters. The van der Waals surface area contributed by atoms with Crippen LogP contribution in [0.15, 0.2) is 24.3 Å². The molecular formula is C23H31N3O2S. The van der Waals surface area contributed by atoms with Crippen LogP contribution >= 0.6 is 11.3 Å². The van der Waals surface area contributed by atoms with E-state index in [0.717, 1.165) is 46.8 Å². The molecule has 2 amide bonds. The molecule has 1 aromatic carbocycles. The van der Waals surface area contributed by atoms with Crippen LogP contribution in [0.25, 0.3) is 11.3 Å². The molecule has 1 fully saturated rings. The van der Waals surface area contributed by atoms with E-state index in [0.29, 0.717) is 6.42 Å². The van der Waals surface area contributed by atoms with Crippen molar-refractivity contribution >= 4 is 23.2 Å². The van der Waals surface area contributed by atoms with Crippen molar-refractivity contribution in [1.29, 1.82) is 0 Å². The largest absolute Gasteiger partial charge is 0.354 e.